The molecule has 2 N–H and O–H groups in total. The predicted molar refractivity (Wildman–Crippen MR) is 78.6 cm³/mol. The van der Waals surface area contributed by atoms with Gasteiger partial charge in [-0.25, -0.2) is 4.79 Å². The van der Waals surface area contributed by atoms with Crippen molar-refractivity contribution < 1.29 is 19.4 Å². The Labute approximate surface area is 124 Å². The molecule has 5 heteroatoms. The van der Waals surface area contributed by atoms with Crippen LogP contribution in [0.25, 0.3) is 0 Å². The van der Waals surface area contributed by atoms with Gasteiger partial charge >= 0.3 is 5.97 Å². The predicted octanol–water partition coefficient (Wildman–Crippen LogP) is 2.52. The van der Waals surface area contributed by atoms with Gasteiger partial charge in [0.15, 0.2) is 0 Å². The molecule has 0 saturated heterocycles. The topological polar surface area (TPSA) is 75.6 Å². The van der Waals surface area contributed by atoms with Gasteiger partial charge < -0.3 is 15.2 Å². The number of hydrogen-bond acceptors (Lipinski definition) is 3. The number of ether oxygens (including phenoxy) is 1. The lowest BCUT2D eigenvalue weighted by atomic mass is 9.81. The first-order chi connectivity index (χ1) is 9.98. The van der Waals surface area contributed by atoms with Gasteiger partial charge in [-0.15, -0.1) is 0 Å². The number of nitrogens with one attached hydrogen (secondary N) is 1. The zero-order chi connectivity index (χ0) is 15.5. The average molecular weight is 291 g/mol. The molecule has 5 nitrogen and oxygen atoms in total. The van der Waals surface area contributed by atoms with Gasteiger partial charge in [0.2, 0.25) is 0 Å². The van der Waals surface area contributed by atoms with Crippen molar-refractivity contribution in [3.63, 3.8) is 0 Å². The van der Waals surface area contributed by atoms with E-state index < -0.39 is 11.5 Å². The van der Waals surface area contributed by atoms with E-state index in [0.717, 1.165) is 24.8 Å². The van der Waals surface area contributed by atoms with E-state index in [4.69, 9.17) is 4.74 Å². The van der Waals surface area contributed by atoms with E-state index in [-0.39, 0.29) is 5.91 Å². The molecule has 0 spiro atoms. The lowest BCUT2D eigenvalue weighted by Crippen LogP contribution is -2.55. The maximum atomic E-state index is 12.4. The SMILES string of the molecule is COc1ccc(C(=O)NC2(C(=O)O)CCCCC2)c(C)c1. The Morgan fingerprint density at radius 3 is 2.43 bits per heavy atom. The van der Waals surface area contributed by atoms with Gasteiger partial charge in [-0.1, -0.05) is 19.3 Å². The van der Waals surface area contributed by atoms with Crippen molar-refractivity contribution in [2.45, 2.75) is 44.6 Å². The first-order valence-corrected chi connectivity index (χ1v) is 7.19. The Bertz CT molecular complexity index is 547. The molecule has 0 radical (unpaired) electrons. The summed E-state index contributed by atoms with van der Waals surface area (Å²) in [5, 5.41) is 12.2. The number of benzene rings is 1. The van der Waals surface area contributed by atoms with E-state index in [1.54, 1.807) is 25.3 Å². The van der Waals surface area contributed by atoms with Crippen LogP contribution in [0, 0.1) is 6.92 Å². The Morgan fingerprint density at radius 1 is 1.24 bits per heavy atom. The molecule has 0 heterocycles. The number of carboxylic acid groups (broad SMARTS) is 1. The van der Waals surface area contributed by atoms with Gasteiger partial charge in [0.25, 0.3) is 5.91 Å². The molecule has 2 rings (SSSR count). The van der Waals surface area contributed by atoms with Gasteiger partial charge in [0, 0.05) is 5.56 Å². The number of hydrogen-bond donors (Lipinski definition) is 2. The highest BCUT2D eigenvalue weighted by atomic mass is 16.5. The van der Waals surface area contributed by atoms with E-state index in [2.05, 4.69) is 5.32 Å². The number of aryl methyl sites for hydroxylation is 1. The number of methoxy groups -OCH3 is 1. The van der Waals surface area contributed by atoms with Crippen LogP contribution in [-0.4, -0.2) is 29.6 Å². The zero-order valence-corrected chi connectivity index (χ0v) is 12.4. The molecule has 114 valence electrons. The van der Waals surface area contributed by atoms with Crippen molar-refractivity contribution in [2.75, 3.05) is 7.11 Å². The fourth-order valence-electron chi connectivity index (χ4n) is 2.85. The molecule has 1 amide bonds. The first kappa shape index (κ1) is 15.4. The summed E-state index contributed by atoms with van der Waals surface area (Å²) in [6, 6.07) is 5.14. The van der Waals surface area contributed by atoms with Gasteiger partial charge in [-0.05, 0) is 43.5 Å². The lowest BCUT2D eigenvalue weighted by molar-refractivity contribution is -0.145. The fourth-order valence-corrected chi connectivity index (χ4v) is 2.85. The van der Waals surface area contributed by atoms with Crippen molar-refractivity contribution in [1.82, 2.24) is 5.32 Å². The molecule has 1 aromatic carbocycles. The summed E-state index contributed by atoms with van der Waals surface area (Å²) in [6.45, 7) is 1.81. The summed E-state index contributed by atoms with van der Waals surface area (Å²) in [7, 11) is 1.57. The highest BCUT2D eigenvalue weighted by molar-refractivity contribution is 5.99. The number of carbonyl (C=O) groups excluding carboxylic acids is 1. The molecule has 21 heavy (non-hydrogen) atoms. The molecule has 0 aromatic heterocycles. The average Bonchev–Trinajstić information content (AvgIpc) is 2.47. The van der Waals surface area contributed by atoms with E-state index in [9.17, 15) is 14.7 Å². The first-order valence-electron chi connectivity index (χ1n) is 7.19. The van der Waals surface area contributed by atoms with Crippen LogP contribution in [0.1, 0.15) is 48.0 Å². The Hall–Kier alpha value is -2.04. The zero-order valence-electron chi connectivity index (χ0n) is 12.4. The monoisotopic (exact) mass is 291 g/mol. The second kappa shape index (κ2) is 6.16. The summed E-state index contributed by atoms with van der Waals surface area (Å²) in [6.07, 6.45) is 3.65. The molecule has 1 aliphatic rings. The third-order valence-electron chi connectivity index (χ3n) is 4.15. The third kappa shape index (κ3) is 3.17. The van der Waals surface area contributed by atoms with Crippen LogP contribution >= 0.6 is 0 Å². The van der Waals surface area contributed by atoms with Crippen LogP contribution in [0.4, 0.5) is 0 Å². The van der Waals surface area contributed by atoms with E-state index >= 15 is 0 Å². The molecule has 1 aromatic rings. The number of rotatable bonds is 4. The largest absolute Gasteiger partial charge is 0.497 e. The molecular formula is C16H21NO4. The van der Waals surface area contributed by atoms with Crippen molar-refractivity contribution in [2.24, 2.45) is 0 Å². The molecule has 0 bridgehead atoms. The van der Waals surface area contributed by atoms with E-state index in [1.807, 2.05) is 6.92 Å². The minimum atomic E-state index is -1.12. The second-order valence-corrected chi connectivity index (χ2v) is 5.58. The second-order valence-electron chi connectivity index (χ2n) is 5.58. The summed E-state index contributed by atoms with van der Waals surface area (Å²) in [5.41, 5.74) is 0.131. The lowest BCUT2D eigenvalue weighted by Gasteiger charge is -2.34. The Morgan fingerprint density at radius 2 is 1.90 bits per heavy atom. The number of aliphatic carboxylic acids is 1. The minimum absolute atomic E-state index is 0.334. The molecule has 1 aliphatic carbocycles. The summed E-state index contributed by atoms with van der Waals surface area (Å²) in [5.74, 6) is -0.601. The van der Waals surface area contributed by atoms with Gasteiger partial charge in [-0.3, -0.25) is 4.79 Å². The number of carboxylic acids is 1. The van der Waals surface area contributed by atoms with Crippen LogP contribution in [0.2, 0.25) is 0 Å². The summed E-state index contributed by atoms with van der Waals surface area (Å²) in [4.78, 5) is 24.0. The van der Waals surface area contributed by atoms with E-state index in [1.165, 1.54) is 0 Å². The Kier molecular flexibility index (Phi) is 4.50. The smallest absolute Gasteiger partial charge is 0.329 e. The minimum Gasteiger partial charge on any atom is -0.497 e. The molecular weight excluding hydrogens is 270 g/mol. The van der Waals surface area contributed by atoms with Gasteiger partial charge in [0.05, 0.1) is 7.11 Å². The highest BCUT2D eigenvalue weighted by Crippen LogP contribution is 2.29. The van der Waals surface area contributed by atoms with Crippen molar-refractivity contribution in [1.29, 1.82) is 0 Å². The summed E-state index contributed by atoms with van der Waals surface area (Å²) >= 11 is 0. The molecule has 0 atom stereocenters. The maximum Gasteiger partial charge on any atom is 0.329 e. The van der Waals surface area contributed by atoms with Gasteiger partial charge in [-0.2, -0.15) is 0 Å². The van der Waals surface area contributed by atoms with Crippen molar-refractivity contribution >= 4 is 11.9 Å². The normalized spacial score (nSPS) is 17.0. The van der Waals surface area contributed by atoms with Crippen LogP contribution < -0.4 is 10.1 Å². The van der Waals surface area contributed by atoms with Crippen LogP contribution in [0.5, 0.6) is 5.75 Å². The standard InChI is InChI=1S/C16H21NO4/c1-11-10-12(21-2)6-7-13(11)14(18)17-16(15(19)20)8-4-3-5-9-16/h6-7,10H,3-5,8-9H2,1-2H3,(H,17,18)(H,19,20). The quantitative estimate of drug-likeness (QED) is 0.893. The van der Waals surface area contributed by atoms with Crippen LogP contribution in [-0.2, 0) is 4.79 Å². The molecule has 1 fully saturated rings. The summed E-state index contributed by atoms with van der Waals surface area (Å²) < 4.78 is 5.11. The Balaban J connectivity index is 2.21. The molecule has 0 unspecified atom stereocenters. The van der Waals surface area contributed by atoms with Gasteiger partial charge in [0.1, 0.15) is 11.3 Å². The molecule has 0 aliphatic heterocycles. The fraction of sp³-hybridized carbons (Fsp3) is 0.500. The van der Waals surface area contributed by atoms with E-state index in [0.29, 0.717) is 24.2 Å². The van der Waals surface area contributed by atoms with Crippen LogP contribution in [0.3, 0.4) is 0 Å². The molecule has 1 saturated carbocycles. The third-order valence-corrected chi connectivity index (χ3v) is 4.15. The maximum absolute atomic E-state index is 12.4. The van der Waals surface area contributed by atoms with Crippen LogP contribution in [0.15, 0.2) is 18.2 Å². The van der Waals surface area contributed by atoms with Crippen molar-refractivity contribution in [3.05, 3.63) is 29.3 Å². The number of amides is 1. The highest BCUT2D eigenvalue weighted by Gasteiger charge is 2.41. The number of carbonyl (C=O) groups is 2. The van der Waals surface area contributed by atoms with Crippen molar-refractivity contribution in [3.8, 4) is 5.75 Å².